The summed E-state index contributed by atoms with van der Waals surface area (Å²) in [6.07, 6.45) is 2.24. The zero-order chi connectivity index (χ0) is 7.98. The normalized spacial score (nSPS) is 15.3. The third-order valence-corrected chi connectivity index (χ3v) is 1.48. The van der Waals surface area contributed by atoms with Crippen LogP contribution in [-0.2, 0) is 0 Å². The lowest BCUT2D eigenvalue weighted by atomic mass is 9.99. The van der Waals surface area contributed by atoms with E-state index < -0.39 is 6.10 Å². The maximum atomic E-state index is 9.23. The Morgan fingerprint density at radius 3 is 2.80 bits per heavy atom. The summed E-state index contributed by atoms with van der Waals surface area (Å²) >= 11 is 0. The molecule has 0 aromatic carbocycles. The van der Waals surface area contributed by atoms with Crippen molar-refractivity contribution in [2.24, 2.45) is 5.92 Å². The molecule has 0 aromatic rings. The molecule has 0 amide bonds. The van der Waals surface area contributed by atoms with Gasteiger partial charge in [-0.25, -0.2) is 0 Å². The second kappa shape index (κ2) is 5.01. The maximum absolute atomic E-state index is 9.23. The molecular formula is C8H13NO. The van der Waals surface area contributed by atoms with Crippen LogP contribution in [0.2, 0.25) is 0 Å². The third kappa shape index (κ3) is 3.26. The lowest BCUT2D eigenvalue weighted by Crippen LogP contribution is -2.15. The van der Waals surface area contributed by atoms with E-state index in [-0.39, 0.29) is 5.92 Å². The van der Waals surface area contributed by atoms with Gasteiger partial charge in [-0.2, -0.15) is 5.26 Å². The van der Waals surface area contributed by atoms with Gasteiger partial charge in [0.1, 0.15) is 0 Å². The second-order valence-corrected chi connectivity index (χ2v) is 2.43. The van der Waals surface area contributed by atoms with Crippen LogP contribution in [0.4, 0.5) is 0 Å². The van der Waals surface area contributed by atoms with Crippen molar-refractivity contribution in [1.29, 1.82) is 5.26 Å². The van der Waals surface area contributed by atoms with E-state index in [4.69, 9.17) is 5.26 Å². The van der Waals surface area contributed by atoms with Crippen molar-refractivity contribution in [3.63, 3.8) is 0 Å². The highest BCUT2D eigenvalue weighted by atomic mass is 16.3. The number of nitrogens with zero attached hydrogens (tertiary/aromatic N) is 1. The number of aliphatic hydroxyl groups excluding tert-OH is 1. The lowest BCUT2D eigenvalue weighted by Gasteiger charge is -2.12. The van der Waals surface area contributed by atoms with E-state index in [0.29, 0.717) is 12.8 Å². The Morgan fingerprint density at radius 1 is 1.80 bits per heavy atom. The molecule has 0 rings (SSSR count). The van der Waals surface area contributed by atoms with Gasteiger partial charge >= 0.3 is 0 Å². The van der Waals surface area contributed by atoms with Crippen molar-refractivity contribution in [2.45, 2.75) is 25.9 Å². The molecule has 0 spiro atoms. The summed E-state index contributed by atoms with van der Waals surface area (Å²) in [5.74, 6) is 0.0583. The summed E-state index contributed by atoms with van der Waals surface area (Å²) in [6, 6.07) is 2.01. The molecule has 0 aliphatic carbocycles. The molecule has 0 radical (unpaired) electrons. The minimum Gasteiger partial charge on any atom is -0.392 e. The Labute approximate surface area is 61.8 Å². The van der Waals surface area contributed by atoms with Crippen LogP contribution in [0, 0.1) is 17.2 Å². The quantitative estimate of drug-likeness (QED) is 0.599. The molecule has 0 aliphatic heterocycles. The highest BCUT2D eigenvalue weighted by Crippen LogP contribution is 2.10. The molecule has 2 nitrogen and oxygen atoms in total. The van der Waals surface area contributed by atoms with Crippen LogP contribution in [-0.4, -0.2) is 11.2 Å². The summed E-state index contributed by atoms with van der Waals surface area (Å²) in [7, 11) is 0. The topological polar surface area (TPSA) is 44.0 Å². The number of nitriles is 1. The molecule has 56 valence electrons. The summed E-state index contributed by atoms with van der Waals surface area (Å²) in [6.45, 7) is 5.36. The first-order valence-electron chi connectivity index (χ1n) is 3.38. The Morgan fingerprint density at radius 2 is 2.40 bits per heavy atom. The summed E-state index contributed by atoms with van der Waals surface area (Å²) in [5, 5.41) is 17.5. The fraction of sp³-hybridized carbons (Fsp3) is 0.625. The number of rotatable bonds is 4. The molecular weight excluding hydrogens is 126 g/mol. The van der Waals surface area contributed by atoms with E-state index >= 15 is 0 Å². The molecule has 2 heteroatoms. The van der Waals surface area contributed by atoms with Gasteiger partial charge in [0.2, 0.25) is 0 Å². The Hall–Kier alpha value is -0.810. The first-order chi connectivity index (χ1) is 4.72. The van der Waals surface area contributed by atoms with Crippen LogP contribution < -0.4 is 0 Å². The van der Waals surface area contributed by atoms with Crippen LogP contribution in [0.3, 0.4) is 0 Å². The molecule has 0 fully saturated rings. The van der Waals surface area contributed by atoms with Gasteiger partial charge in [0.05, 0.1) is 12.2 Å². The van der Waals surface area contributed by atoms with Gasteiger partial charge in [-0.15, -0.1) is 6.58 Å². The zero-order valence-electron chi connectivity index (χ0n) is 6.25. The molecule has 0 unspecified atom stereocenters. The Balaban J connectivity index is 3.60. The van der Waals surface area contributed by atoms with Crippen LogP contribution in [0.15, 0.2) is 12.7 Å². The third-order valence-electron chi connectivity index (χ3n) is 1.48. The highest BCUT2D eigenvalue weighted by Gasteiger charge is 2.10. The largest absolute Gasteiger partial charge is 0.392 e. The van der Waals surface area contributed by atoms with Crippen molar-refractivity contribution in [2.75, 3.05) is 0 Å². The highest BCUT2D eigenvalue weighted by molar-refractivity contribution is 4.81. The van der Waals surface area contributed by atoms with Gasteiger partial charge < -0.3 is 5.11 Å². The number of hydrogen-bond donors (Lipinski definition) is 1. The van der Waals surface area contributed by atoms with Crippen LogP contribution in [0.5, 0.6) is 0 Å². The second-order valence-electron chi connectivity index (χ2n) is 2.43. The van der Waals surface area contributed by atoms with Crippen molar-refractivity contribution < 1.29 is 5.11 Å². The molecule has 0 heterocycles. The Kier molecular flexibility index (Phi) is 4.61. The minimum absolute atomic E-state index is 0.0583. The van der Waals surface area contributed by atoms with Crippen LogP contribution in [0.25, 0.3) is 0 Å². The predicted molar refractivity (Wildman–Crippen MR) is 40.2 cm³/mol. The molecule has 0 saturated heterocycles. The van der Waals surface area contributed by atoms with E-state index in [0.717, 1.165) is 0 Å². The van der Waals surface area contributed by atoms with Gasteiger partial charge in [-0.3, -0.25) is 0 Å². The monoisotopic (exact) mass is 139 g/mol. The van der Waals surface area contributed by atoms with E-state index in [1.165, 1.54) is 0 Å². The standard InChI is InChI=1S/C8H13NO/c1-3-4-8(10)7(2)5-6-9/h3,7-8,10H,1,4-5H2,2H3/t7-,8-/m0/s1. The minimum atomic E-state index is -0.405. The predicted octanol–water partition coefficient (Wildman–Crippen LogP) is 1.47. The van der Waals surface area contributed by atoms with Crippen molar-refractivity contribution in [1.82, 2.24) is 0 Å². The first kappa shape index (κ1) is 9.19. The van der Waals surface area contributed by atoms with Crippen molar-refractivity contribution in [3.8, 4) is 6.07 Å². The molecule has 1 N–H and O–H groups in total. The molecule has 0 saturated carbocycles. The van der Waals surface area contributed by atoms with E-state index in [2.05, 4.69) is 6.58 Å². The van der Waals surface area contributed by atoms with Gasteiger partial charge in [-0.05, 0) is 12.3 Å². The molecule has 0 aliphatic rings. The van der Waals surface area contributed by atoms with Crippen molar-refractivity contribution >= 4 is 0 Å². The van der Waals surface area contributed by atoms with Gasteiger partial charge in [-0.1, -0.05) is 13.0 Å². The Bertz CT molecular complexity index is 137. The van der Waals surface area contributed by atoms with Gasteiger partial charge in [0.15, 0.2) is 0 Å². The number of hydrogen-bond acceptors (Lipinski definition) is 2. The SMILES string of the molecule is C=CC[C@H](O)[C@@H](C)CC#N. The van der Waals surface area contributed by atoms with E-state index in [1.54, 1.807) is 6.08 Å². The average molecular weight is 139 g/mol. The molecule has 2 atom stereocenters. The average Bonchev–Trinajstić information content (AvgIpc) is 1.89. The number of aliphatic hydroxyl groups is 1. The zero-order valence-corrected chi connectivity index (χ0v) is 6.25. The lowest BCUT2D eigenvalue weighted by molar-refractivity contribution is 0.122. The molecule has 0 aromatic heterocycles. The van der Waals surface area contributed by atoms with Crippen LogP contribution >= 0.6 is 0 Å². The molecule has 10 heavy (non-hydrogen) atoms. The fourth-order valence-electron chi connectivity index (χ4n) is 0.683. The fourth-order valence-corrected chi connectivity index (χ4v) is 0.683. The van der Waals surface area contributed by atoms with Gasteiger partial charge in [0.25, 0.3) is 0 Å². The van der Waals surface area contributed by atoms with E-state index in [9.17, 15) is 5.11 Å². The van der Waals surface area contributed by atoms with Crippen LogP contribution in [0.1, 0.15) is 19.8 Å². The summed E-state index contributed by atoms with van der Waals surface area (Å²) in [4.78, 5) is 0. The van der Waals surface area contributed by atoms with Gasteiger partial charge in [0, 0.05) is 6.42 Å². The maximum Gasteiger partial charge on any atom is 0.0625 e. The smallest absolute Gasteiger partial charge is 0.0625 e. The van der Waals surface area contributed by atoms with Crippen molar-refractivity contribution in [3.05, 3.63) is 12.7 Å². The summed E-state index contributed by atoms with van der Waals surface area (Å²) < 4.78 is 0. The molecule has 0 bridgehead atoms. The first-order valence-corrected chi connectivity index (χ1v) is 3.38. The van der Waals surface area contributed by atoms with E-state index in [1.807, 2.05) is 13.0 Å². The summed E-state index contributed by atoms with van der Waals surface area (Å²) in [5.41, 5.74) is 0.